The number of hydrogen-bond acceptors (Lipinski definition) is 13. The minimum atomic E-state index is -1.42. The zero-order valence-electron chi connectivity index (χ0n) is 18.4. The number of rotatable bonds is 11. The summed E-state index contributed by atoms with van der Waals surface area (Å²) in [6, 6.07) is -3.66. The van der Waals surface area contributed by atoms with Gasteiger partial charge in [0.1, 0.15) is 18.3 Å². The molecule has 3 heterocycles. The van der Waals surface area contributed by atoms with Gasteiger partial charge in [0.05, 0.1) is 5.92 Å². The van der Waals surface area contributed by atoms with Crippen LogP contribution in [0.3, 0.4) is 0 Å². The molecule has 2 aliphatic heterocycles. The van der Waals surface area contributed by atoms with Crippen molar-refractivity contribution in [1.82, 2.24) is 10.3 Å². The maximum atomic E-state index is 13.0. The Bertz CT molecular complexity index is 1180. The lowest BCUT2D eigenvalue weighted by molar-refractivity contribution is -0.501. The number of carbonyl (C=O) groups is 5. The second-order valence-corrected chi connectivity index (χ2v) is 9.29. The molecule has 15 nitrogen and oxygen atoms in total. The van der Waals surface area contributed by atoms with Gasteiger partial charge in [-0.25, -0.2) is 19.4 Å². The third-order valence-corrected chi connectivity index (χ3v) is 6.92. The van der Waals surface area contributed by atoms with Crippen LogP contribution in [0.5, 0.6) is 0 Å². The Hall–Kier alpha value is -3.83. The summed E-state index contributed by atoms with van der Waals surface area (Å²) in [5.74, 6) is -5.19. The van der Waals surface area contributed by atoms with Gasteiger partial charge >= 0.3 is 23.8 Å². The number of amides is 2. The molecule has 4 unspecified atom stereocenters. The molecule has 0 saturated carbocycles. The van der Waals surface area contributed by atoms with Crippen LogP contribution in [0.25, 0.3) is 0 Å². The number of anilines is 1. The third kappa shape index (κ3) is 5.69. The fraction of sp³-hybridized carbons (Fsp3) is 0.368. The number of aliphatic carboxylic acids is 2. The SMILES string of the molecule is C=CC1CSC2=[N+](C(=O)C2NC(=O)C(=NOCC(=O)OCC(N)C(=O)O)c2csc(N)n2)C1C(=O)O. The monoisotopic (exact) mass is 541 g/mol. The Morgan fingerprint density at radius 1 is 1.39 bits per heavy atom. The normalized spacial score (nSPS) is 22.1. The molecule has 0 radical (unpaired) electrons. The van der Waals surface area contributed by atoms with Crippen LogP contribution >= 0.6 is 23.1 Å². The van der Waals surface area contributed by atoms with E-state index in [2.05, 4.69) is 26.8 Å². The van der Waals surface area contributed by atoms with E-state index in [0.29, 0.717) is 10.8 Å². The van der Waals surface area contributed by atoms with Gasteiger partial charge in [-0.15, -0.1) is 22.5 Å². The average molecular weight is 542 g/mol. The number of carbonyl (C=O) groups excluding carboxylic acids is 3. The lowest BCUT2D eigenvalue weighted by Crippen LogP contribution is -2.68. The molecule has 0 aromatic carbocycles. The van der Waals surface area contributed by atoms with Crippen LogP contribution < -0.4 is 16.8 Å². The number of carboxylic acid groups (broad SMARTS) is 2. The van der Waals surface area contributed by atoms with Gasteiger partial charge in [-0.3, -0.25) is 9.59 Å². The Kier molecular flexibility index (Phi) is 8.38. The number of nitrogens with two attached hydrogens (primary N) is 2. The Morgan fingerprint density at radius 3 is 2.69 bits per heavy atom. The highest BCUT2D eigenvalue weighted by atomic mass is 32.2. The quantitative estimate of drug-likeness (QED) is 0.0660. The number of aromatic nitrogens is 1. The van der Waals surface area contributed by atoms with Crippen LogP contribution in [0.4, 0.5) is 5.13 Å². The van der Waals surface area contributed by atoms with E-state index in [1.54, 1.807) is 0 Å². The molecule has 0 fully saturated rings. The summed E-state index contributed by atoms with van der Waals surface area (Å²) in [5.41, 5.74) is 10.4. The summed E-state index contributed by atoms with van der Waals surface area (Å²) >= 11 is 2.22. The Balaban J connectivity index is 1.72. The van der Waals surface area contributed by atoms with Crippen molar-refractivity contribution in [3.05, 3.63) is 23.7 Å². The Labute approximate surface area is 210 Å². The van der Waals surface area contributed by atoms with Crippen LogP contribution in [-0.2, 0) is 33.5 Å². The minimum Gasteiger partial charge on any atom is -0.480 e. The highest BCUT2D eigenvalue weighted by molar-refractivity contribution is 8.14. The second-order valence-electron chi connectivity index (χ2n) is 7.36. The highest BCUT2D eigenvalue weighted by Gasteiger charge is 2.60. The predicted octanol–water partition coefficient (Wildman–Crippen LogP) is -2.16. The third-order valence-electron chi connectivity index (χ3n) is 4.97. The van der Waals surface area contributed by atoms with E-state index < -0.39 is 72.7 Å². The van der Waals surface area contributed by atoms with E-state index in [9.17, 15) is 29.1 Å². The van der Waals surface area contributed by atoms with Crippen molar-refractivity contribution in [2.75, 3.05) is 24.7 Å². The molecule has 1 aromatic rings. The topological polar surface area (TPSA) is 237 Å². The molecule has 3 rings (SSSR count). The molecule has 36 heavy (non-hydrogen) atoms. The minimum absolute atomic E-state index is 0.00340. The van der Waals surface area contributed by atoms with Gasteiger partial charge in [0.15, 0.2) is 10.8 Å². The van der Waals surface area contributed by atoms with E-state index in [4.69, 9.17) is 21.4 Å². The summed E-state index contributed by atoms with van der Waals surface area (Å²) in [7, 11) is 0. The van der Waals surface area contributed by atoms with Crippen LogP contribution in [-0.4, -0.2) is 97.3 Å². The van der Waals surface area contributed by atoms with Gasteiger partial charge in [-0.1, -0.05) is 23.0 Å². The molecule has 2 amide bonds. The maximum Gasteiger partial charge on any atom is 0.422 e. The number of nitrogen functional groups attached to an aromatic ring is 1. The van der Waals surface area contributed by atoms with Gasteiger partial charge in [0, 0.05) is 11.1 Å². The fourth-order valence-corrected chi connectivity index (χ4v) is 5.08. The lowest BCUT2D eigenvalue weighted by Gasteiger charge is -2.33. The number of thioether (sulfide) groups is 1. The number of nitrogens with zero attached hydrogens (tertiary/aromatic N) is 3. The van der Waals surface area contributed by atoms with E-state index in [1.807, 2.05) is 0 Å². The molecule has 0 aliphatic carbocycles. The van der Waals surface area contributed by atoms with Crippen molar-refractivity contribution in [2.24, 2.45) is 16.8 Å². The summed E-state index contributed by atoms with van der Waals surface area (Å²) in [6.45, 7) is 2.23. The first-order chi connectivity index (χ1) is 17.0. The van der Waals surface area contributed by atoms with Crippen molar-refractivity contribution < 1.29 is 48.3 Å². The largest absolute Gasteiger partial charge is 0.480 e. The van der Waals surface area contributed by atoms with Crippen LogP contribution in [0, 0.1) is 5.92 Å². The van der Waals surface area contributed by atoms with Crippen LogP contribution in [0.2, 0.25) is 0 Å². The van der Waals surface area contributed by atoms with E-state index in [-0.39, 0.29) is 10.8 Å². The molecular formula is C19H21N6O9S2+. The average Bonchev–Trinajstić information content (AvgIpc) is 3.27. The molecule has 7 N–H and O–H groups in total. The highest BCUT2D eigenvalue weighted by Crippen LogP contribution is 2.31. The Morgan fingerprint density at radius 2 is 2.11 bits per heavy atom. The van der Waals surface area contributed by atoms with Gasteiger partial charge in [0.2, 0.25) is 12.6 Å². The molecule has 2 aliphatic rings. The van der Waals surface area contributed by atoms with E-state index >= 15 is 0 Å². The van der Waals surface area contributed by atoms with Crippen LogP contribution in [0.1, 0.15) is 5.69 Å². The van der Waals surface area contributed by atoms with E-state index in [0.717, 1.165) is 15.9 Å². The second kappa shape index (κ2) is 11.3. The number of oxime groups is 1. The molecule has 192 valence electrons. The molecule has 0 saturated heterocycles. The van der Waals surface area contributed by atoms with Crippen molar-refractivity contribution >= 4 is 68.7 Å². The molecule has 0 spiro atoms. The predicted molar refractivity (Wildman–Crippen MR) is 125 cm³/mol. The van der Waals surface area contributed by atoms with Crippen LogP contribution in [0.15, 0.2) is 23.2 Å². The smallest absolute Gasteiger partial charge is 0.422 e. The van der Waals surface area contributed by atoms with Gasteiger partial charge in [-0.2, -0.15) is 0 Å². The number of esters is 1. The summed E-state index contributed by atoms with van der Waals surface area (Å²) in [5, 5.41) is 26.2. The standard InChI is InChI=1S/C19H20N6O9S2/c1-2-7-5-35-16-12(15(28)25(16)13(7)18(31)32)23-14(27)11(9-6-36-19(21)22-9)24-34-4-10(26)33-3-8(20)17(29)30/h2,6-8,12-13H,1,3-5,20H2,(H4-,21,22,23,27,29,30,31,32)/p+1. The first-order valence-corrected chi connectivity index (χ1v) is 12.0. The van der Waals surface area contributed by atoms with Gasteiger partial charge in [-0.05, 0) is 0 Å². The number of hydrogen-bond donors (Lipinski definition) is 5. The lowest BCUT2D eigenvalue weighted by atomic mass is 9.97. The van der Waals surface area contributed by atoms with E-state index in [1.165, 1.54) is 23.2 Å². The van der Waals surface area contributed by atoms with Crippen molar-refractivity contribution in [3.63, 3.8) is 0 Å². The fourth-order valence-electron chi connectivity index (χ4n) is 3.18. The van der Waals surface area contributed by atoms with Gasteiger partial charge < -0.3 is 36.6 Å². The first-order valence-electron chi connectivity index (χ1n) is 10.1. The molecule has 17 heteroatoms. The number of thiazole rings is 1. The molecular weight excluding hydrogens is 520 g/mol. The number of ether oxygens (including phenoxy) is 1. The molecule has 0 bridgehead atoms. The molecule has 4 atom stereocenters. The summed E-state index contributed by atoms with van der Waals surface area (Å²) < 4.78 is 5.76. The molecule has 1 aromatic heterocycles. The van der Waals surface area contributed by atoms with Crippen molar-refractivity contribution in [2.45, 2.75) is 18.1 Å². The summed E-state index contributed by atoms with van der Waals surface area (Å²) in [4.78, 5) is 68.6. The first kappa shape index (κ1) is 26.8. The number of carboxylic acids is 2. The zero-order chi connectivity index (χ0) is 26.6. The van der Waals surface area contributed by atoms with Gasteiger partial charge in [0.25, 0.3) is 17.0 Å². The number of nitrogens with one attached hydrogen (secondary N) is 1. The van der Waals surface area contributed by atoms with Crippen molar-refractivity contribution in [1.29, 1.82) is 0 Å². The zero-order valence-corrected chi connectivity index (χ0v) is 20.0. The summed E-state index contributed by atoms with van der Waals surface area (Å²) in [6.07, 6.45) is 1.47. The maximum absolute atomic E-state index is 13.0. The van der Waals surface area contributed by atoms with Crippen molar-refractivity contribution in [3.8, 4) is 0 Å².